The Labute approximate surface area is 170 Å². The summed E-state index contributed by atoms with van der Waals surface area (Å²) in [5, 5.41) is 9.16. The van der Waals surface area contributed by atoms with Crippen LogP contribution in [0.4, 0.5) is 0 Å². The number of hydrogen-bond donors (Lipinski definition) is 2. The van der Waals surface area contributed by atoms with E-state index in [0.29, 0.717) is 5.75 Å². The summed E-state index contributed by atoms with van der Waals surface area (Å²) in [6.45, 7) is 3.40. The molecule has 0 saturated heterocycles. The highest BCUT2D eigenvalue weighted by molar-refractivity contribution is 5.73. The number of H-pyrrole nitrogens is 1. The van der Waals surface area contributed by atoms with E-state index in [-0.39, 0.29) is 6.61 Å². The van der Waals surface area contributed by atoms with Crippen LogP contribution in [0.5, 0.6) is 5.75 Å². The molecule has 6 heteroatoms. The lowest BCUT2D eigenvalue weighted by molar-refractivity contribution is -0.148. The van der Waals surface area contributed by atoms with Gasteiger partial charge in [-0.1, -0.05) is 0 Å². The number of rotatable bonds is 8. The molecule has 0 atom stereocenters. The van der Waals surface area contributed by atoms with Gasteiger partial charge < -0.3 is 14.8 Å². The van der Waals surface area contributed by atoms with Crippen molar-refractivity contribution in [1.82, 2.24) is 15.0 Å². The zero-order chi connectivity index (χ0) is 20.4. The smallest absolute Gasteiger partial charge is 0.312 e. The Morgan fingerprint density at radius 3 is 2.45 bits per heavy atom. The standard InChI is InChI=1S/C23H25N3O3/c1-23(2,22(27)28)14-29-19-8-5-16(6-9-19)20-10-7-17(12-24-20)21-25-13-18(26-21)11-15-3-4-15/h5-10,12-13,15H,3-4,11,14H2,1-2H3,(H,25,26)(H,27,28). The van der Waals surface area contributed by atoms with E-state index in [4.69, 9.17) is 9.84 Å². The van der Waals surface area contributed by atoms with Crippen LogP contribution in [0.25, 0.3) is 22.6 Å². The third-order valence-electron chi connectivity index (χ3n) is 5.20. The second kappa shape index (κ2) is 7.70. The molecule has 6 nitrogen and oxygen atoms in total. The lowest BCUT2D eigenvalue weighted by Crippen LogP contribution is -2.30. The number of aromatic amines is 1. The number of nitrogens with one attached hydrogen (secondary N) is 1. The van der Waals surface area contributed by atoms with Crippen molar-refractivity contribution in [1.29, 1.82) is 0 Å². The molecule has 0 bridgehead atoms. The summed E-state index contributed by atoms with van der Waals surface area (Å²) in [7, 11) is 0. The van der Waals surface area contributed by atoms with Crippen molar-refractivity contribution < 1.29 is 14.6 Å². The van der Waals surface area contributed by atoms with Gasteiger partial charge in [-0.15, -0.1) is 0 Å². The Hall–Kier alpha value is -3.15. The maximum atomic E-state index is 11.2. The average molecular weight is 391 g/mol. The van der Waals surface area contributed by atoms with Crippen molar-refractivity contribution in [2.24, 2.45) is 11.3 Å². The highest BCUT2D eigenvalue weighted by Gasteiger charge is 2.28. The first kappa shape index (κ1) is 19.2. The van der Waals surface area contributed by atoms with Crippen LogP contribution >= 0.6 is 0 Å². The molecule has 3 aromatic rings. The zero-order valence-electron chi connectivity index (χ0n) is 16.7. The first-order valence-corrected chi connectivity index (χ1v) is 9.88. The summed E-state index contributed by atoms with van der Waals surface area (Å²) < 4.78 is 5.62. The van der Waals surface area contributed by atoms with Crippen LogP contribution in [-0.4, -0.2) is 32.6 Å². The molecule has 0 aliphatic heterocycles. The van der Waals surface area contributed by atoms with E-state index in [9.17, 15) is 4.79 Å². The summed E-state index contributed by atoms with van der Waals surface area (Å²) in [6, 6.07) is 11.5. The van der Waals surface area contributed by atoms with E-state index in [2.05, 4.69) is 15.0 Å². The minimum atomic E-state index is -0.930. The lowest BCUT2D eigenvalue weighted by atomic mass is 9.95. The molecule has 4 rings (SSSR count). The fourth-order valence-corrected chi connectivity index (χ4v) is 2.99. The summed E-state index contributed by atoms with van der Waals surface area (Å²) in [4.78, 5) is 23.6. The molecule has 1 fully saturated rings. The van der Waals surface area contributed by atoms with Gasteiger partial charge in [-0.3, -0.25) is 9.78 Å². The van der Waals surface area contributed by atoms with Gasteiger partial charge in [0.1, 0.15) is 18.2 Å². The van der Waals surface area contributed by atoms with Crippen molar-refractivity contribution in [3.05, 3.63) is 54.5 Å². The Morgan fingerprint density at radius 1 is 1.10 bits per heavy atom. The summed E-state index contributed by atoms with van der Waals surface area (Å²) in [6.07, 6.45) is 7.48. The topological polar surface area (TPSA) is 88.1 Å². The van der Waals surface area contributed by atoms with Gasteiger partial charge in [-0.2, -0.15) is 0 Å². The first-order valence-electron chi connectivity index (χ1n) is 9.88. The second-order valence-corrected chi connectivity index (χ2v) is 8.34. The van der Waals surface area contributed by atoms with Gasteiger partial charge in [-0.25, -0.2) is 4.98 Å². The first-order chi connectivity index (χ1) is 13.9. The molecule has 0 radical (unpaired) electrons. The molecule has 29 heavy (non-hydrogen) atoms. The van der Waals surface area contributed by atoms with Crippen LogP contribution < -0.4 is 4.74 Å². The summed E-state index contributed by atoms with van der Waals surface area (Å²) >= 11 is 0. The van der Waals surface area contributed by atoms with Crippen molar-refractivity contribution in [2.45, 2.75) is 33.1 Å². The molecule has 2 heterocycles. The maximum absolute atomic E-state index is 11.2. The molecule has 1 aromatic carbocycles. The van der Waals surface area contributed by atoms with Crippen LogP contribution in [0.15, 0.2) is 48.8 Å². The predicted molar refractivity (Wildman–Crippen MR) is 111 cm³/mol. The number of carboxylic acids is 1. The number of nitrogens with zero attached hydrogens (tertiary/aromatic N) is 2. The maximum Gasteiger partial charge on any atom is 0.312 e. The van der Waals surface area contributed by atoms with Gasteiger partial charge in [0.15, 0.2) is 0 Å². The summed E-state index contributed by atoms with van der Waals surface area (Å²) in [5.74, 6) is 1.43. The Bertz CT molecular complexity index is 987. The molecular formula is C23H25N3O3. The fraction of sp³-hybridized carbons (Fsp3) is 0.348. The van der Waals surface area contributed by atoms with Gasteiger partial charge >= 0.3 is 5.97 Å². The summed E-state index contributed by atoms with van der Waals surface area (Å²) in [5.41, 5.74) is 3.05. The number of ether oxygens (including phenoxy) is 1. The molecule has 2 N–H and O–H groups in total. The molecule has 1 saturated carbocycles. The minimum absolute atomic E-state index is 0.112. The molecule has 2 aromatic heterocycles. The molecule has 0 unspecified atom stereocenters. The third kappa shape index (κ3) is 4.65. The van der Waals surface area contributed by atoms with E-state index in [1.165, 1.54) is 18.5 Å². The normalized spacial score (nSPS) is 14.0. The Balaban J connectivity index is 1.41. The van der Waals surface area contributed by atoms with Crippen molar-refractivity contribution in [3.63, 3.8) is 0 Å². The molecule has 1 aliphatic carbocycles. The number of carboxylic acid groups (broad SMARTS) is 1. The average Bonchev–Trinajstić information content (AvgIpc) is 3.41. The van der Waals surface area contributed by atoms with Crippen LogP contribution in [0.1, 0.15) is 32.4 Å². The molecule has 1 aliphatic rings. The van der Waals surface area contributed by atoms with E-state index in [1.54, 1.807) is 13.8 Å². The van der Waals surface area contributed by atoms with E-state index < -0.39 is 11.4 Å². The molecular weight excluding hydrogens is 366 g/mol. The fourth-order valence-electron chi connectivity index (χ4n) is 2.99. The van der Waals surface area contributed by atoms with E-state index in [1.807, 2.05) is 48.8 Å². The van der Waals surface area contributed by atoms with Crippen molar-refractivity contribution >= 4 is 5.97 Å². The van der Waals surface area contributed by atoms with Gasteiger partial charge in [0.05, 0.1) is 11.1 Å². The van der Waals surface area contributed by atoms with Gasteiger partial charge in [0.25, 0.3) is 0 Å². The quantitative estimate of drug-likeness (QED) is 0.587. The largest absolute Gasteiger partial charge is 0.492 e. The van der Waals surface area contributed by atoms with Crippen LogP contribution in [0.2, 0.25) is 0 Å². The minimum Gasteiger partial charge on any atom is -0.492 e. The van der Waals surface area contributed by atoms with Gasteiger partial charge in [0.2, 0.25) is 0 Å². The molecule has 150 valence electrons. The SMILES string of the molecule is CC(C)(COc1ccc(-c2ccc(-c3ncc(CC4CC4)[nH]3)cn2)cc1)C(=O)O. The number of aromatic nitrogens is 3. The lowest BCUT2D eigenvalue weighted by Gasteiger charge is -2.19. The number of imidazole rings is 1. The monoisotopic (exact) mass is 391 g/mol. The predicted octanol–water partition coefficient (Wildman–Crippen LogP) is 4.58. The number of hydrogen-bond acceptors (Lipinski definition) is 4. The third-order valence-corrected chi connectivity index (χ3v) is 5.20. The molecule has 0 spiro atoms. The highest BCUT2D eigenvalue weighted by atomic mass is 16.5. The van der Waals surface area contributed by atoms with Crippen LogP contribution in [0, 0.1) is 11.3 Å². The van der Waals surface area contributed by atoms with Crippen molar-refractivity contribution in [3.8, 4) is 28.4 Å². The number of pyridine rings is 1. The zero-order valence-corrected chi connectivity index (χ0v) is 16.7. The number of benzene rings is 1. The van der Waals surface area contributed by atoms with Crippen LogP contribution in [-0.2, 0) is 11.2 Å². The Morgan fingerprint density at radius 2 is 1.83 bits per heavy atom. The van der Waals surface area contributed by atoms with E-state index in [0.717, 1.165) is 35.0 Å². The van der Waals surface area contributed by atoms with Gasteiger partial charge in [-0.05, 0) is 75.4 Å². The second-order valence-electron chi connectivity index (χ2n) is 8.34. The number of aliphatic carboxylic acids is 1. The Kier molecular flexibility index (Phi) is 5.09. The van der Waals surface area contributed by atoms with Crippen molar-refractivity contribution in [2.75, 3.05) is 6.61 Å². The van der Waals surface area contributed by atoms with Crippen LogP contribution in [0.3, 0.4) is 0 Å². The van der Waals surface area contributed by atoms with E-state index >= 15 is 0 Å². The van der Waals surface area contributed by atoms with Gasteiger partial charge in [0, 0.05) is 29.2 Å². The molecule has 0 amide bonds. The number of carbonyl (C=O) groups is 1. The highest BCUT2D eigenvalue weighted by Crippen LogP contribution is 2.32.